The van der Waals surface area contributed by atoms with Crippen LogP contribution < -0.4 is 10.0 Å². The van der Waals surface area contributed by atoms with E-state index in [2.05, 4.69) is 16.9 Å². The number of hydrogen-bond acceptors (Lipinski definition) is 7. The average molecular weight is 466 g/mol. The molecule has 3 N–H and O–H groups in total. The molecule has 2 heterocycles. The summed E-state index contributed by atoms with van der Waals surface area (Å²) in [5.41, 5.74) is 2.88. The third-order valence-corrected chi connectivity index (χ3v) is 5.97. The number of thiazole rings is 1. The van der Waals surface area contributed by atoms with Gasteiger partial charge in [0.25, 0.3) is 0 Å². The first-order valence-corrected chi connectivity index (χ1v) is 11.9. The van der Waals surface area contributed by atoms with Gasteiger partial charge in [-0.3, -0.25) is 9.27 Å². The van der Waals surface area contributed by atoms with Crippen molar-refractivity contribution in [2.75, 3.05) is 4.72 Å². The number of benzene rings is 1. The summed E-state index contributed by atoms with van der Waals surface area (Å²) in [5, 5.41) is 9.40. The van der Waals surface area contributed by atoms with Gasteiger partial charge in [-0.25, -0.2) is 9.78 Å². The Hall–Kier alpha value is -2.73. The van der Waals surface area contributed by atoms with Gasteiger partial charge in [-0.15, -0.1) is 11.3 Å². The molecule has 0 fully saturated rings. The maximum atomic E-state index is 12.2. The van der Waals surface area contributed by atoms with E-state index in [9.17, 15) is 13.2 Å². The Morgan fingerprint density at radius 2 is 2.00 bits per heavy atom. The second-order valence-corrected chi connectivity index (χ2v) is 9.17. The van der Waals surface area contributed by atoms with Crippen molar-refractivity contribution in [3.8, 4) is 11.3 Å². The third kappa shape index (κ3) is 6.39. The second-order valence-electron chi connectivity index (χ2n) is 6.35. The van der Waals surface area contributed by atoms with Crippen LogP contribution in [-0.4, -0.2) is 24.0 Å². The van der Waals surface area contributed by atoms with E-state index in [1.807, 2.05) is 26.9 Å². The van der Waals surface area contributed by atoms with Crippen LogP contribution in [0.3, 0.4) is 0 Å². The first kappa shape index (κ1) is 22.0. The first-order valence-electron chi connectivity index (χ1n) is 8.65. The lowest BCUT2D eigenvalue weighted by Crippen LogP contribution is -2.30. The van der Waals surface area contributed by atoms with E-state index in [4.69, 9.17) is 9.29 Å². The number of carbonyl (C=O) groups is 1. The van der Waals surface area contributed by atoms with Crippen molar-refractivity contribution in [3.05, 3.63) is 69.4 Å². The Bertz CT molecular complexity index is 1120. The van der Waals surface area contributed by atoms with Gasteiger partial charge in [0, 0.05) is 16.3 Å². The Morgan fingerprint density at radius 1 is 1.27 bits per heavy atom. The van der Waals surface area contributed by atoms with Crippen LogP contribution >= 0.6 is 22.7 Å². The molecule has 3 aromatic rings. The van der Waals surface area contributed by atoms with E-state index >= 15 is 0 Å². The van der Waals surface area contributed by atoms with E-state index in [0.717, 1.165) is 16.8 Å². The van der Waals surface area contributed by atoms with Gasteiger partial charge in [-0.2, -0.15) is 19.8 Å². The van der Waals surface area contributed by atoms with Crippen LogP contribution in [-0.2, 0) is 21.5 Å². The van der Waals surface area contributed by atoms with Crippen LogP contribution in [0.1, 0.15) is 23.5 Å². The maximum Gasteiger partial charge on any atom is 0.412 e. The zero-order valence-corrected chi connectivity index (χ0v) is 18.3. The Balaban J connectivity index is 1.81. The van der Waals surface area contributed by atoms with Gasteiger partial charge in [-0.05, 0) is 42.5 Å². The molecular formula is C19H19N3O5S3. The number of aromatic nitrogens is 1. The number of amides is 1. The molecule has 1 atom stereocenters. The number of anilines is 1. The molecule has 0 bridgehead atoms. The molecule has 0 aliphatic rings. The summed E-state index contributed by atoms with van der Waals surface area (Å²) >= 11 is 3.00. The van der Waals surface area contributed by atoms with Gasteiger partial charge < -0.3 is 10.1 Å². The lowest BCUT2D eigenvalue weighted by atomic mass is 10.1. The zero-order valence-electron chi connectivity index (χ0n) is 15.9. The minimum absolute atomic E-state index is 0.224. The zero-order chi connectivity index (χ0) is 21.7. The number of nitrogens with zero attached hydrogens (tertiary/aromatic N) is 1. The topological polar surface area (TPSA) is 118 Å². The highest BCUT2D eigenvalue weighted by Crippen LogP contribution is 2.29. The molecular weight excluding hydrogens is 446 g/mol. The summed E-state index contributed by atoms with van der Waals surface area (Å²) in [4.78, 5) is 16.8. The highest BCUT2D eigenvalue weighted by atomic mass is 32.2. The van der Waals surface area contributed by atoms with E-state index in [0.29, 0.717) is 11.4 Å². The van der Waals surface area contributed by atoms with Crippen molar-refractivity contribution in [1.29, 1.82) is 0 Å². The van der Waals surface area contributed by atoms with E-state index < -0.39 is 22.4 Å². The van der Waals surface area contributed by atoms with Crippen molar-refractivity contribution in [2.24, 2.45) is 0 Å². The van der Waals surface area contributed by atoms with Crippen molar-refractivity contribution < 1.29 is 22.5 Å². The molecule has 0 radical (unpaired) electrons. The molecule has 158 valence electrons. The van der Waals surface area contributed by atoms with Crippen molar-refractivity contribution in [2.45, 2.75) is 19.4 Å². The first-order chi connectivity index (χ1) is 14.2. The Kier molecular flexibility index (Phi) is 6.87. The van der Waals surface area contributed by atoms with Crippen molar-refractivity contribution >= 4 is 44.8 Å². The fraction of sp³-hybridized carbons (Fsp3) is 0.158. The number of hydrogen-bond donors (Lipinski definition) is 3. The largest absolute Gasteiger partial charge is 0.416 e. The fourth-order valence-electron chi connectivity index (χ4n) is 2.61. The minimum Gasteiger partial charge on any atom is -0.416 e. The molecule has 8 nitrogen and oxygen atoms in total. The molecule has 1 aromatic carbocycles. The fourth-order valence-corrected chi connectivity index (χ4v) is 4.58. The summed E-state index contributed by atoms with van der Waals surface area (Å²) in [6.45, 7) is 5.14. The number of ether oxygens (including phenoxy) is 1. The van der Waals surface area contributed by atoms with Crippen LogP contribution in [0, 0.1) is 0 Å². The molecule has 30 heavy (non-hydrogen) atoms. The van der Waals surface area contributed by atoms with Gasteiger partial charge in [-0.1, -0.05) is 18.7 Å². The predicted octanol–water partition coefficient (Wildman–Crippen LogP) is 4.63. The lowest BCUT2D eigenvalue weighted by Gasteiger charge is -2.17. The summed E-state index contributed by atoms with van der Waals surface area (Å²) < 4.78 is 37.7. The van der Waals surface area contributed by atoms with Crippen LogP contribution in [0.15, 0.2) is 58.8 Å². The number of allylic oxidation sites excluding steroid dienone is 1. The van der Waals surface area contributed by atoms with Crippen LogP contribution in [0.4, 0.5) is 10.5 Å². The predicted molar refractivity (Wildman–Crippen MR) is 118 cm³/mol. The number of alkyl carbamates (subject to hydrolysis) is 1. The smallest absolute Gasteiger partial charge is 0.412 e. The molecule has 0 saturated carbocycles. The summed E-state index contributed by atoms with van der Waals surface area (Å²) in [6, 6.07) is 7.94. The SMILES string of the molecule is C=C(C)OC(=O)N[C@@H](Cc1ccc(NS(=O)(=O)O)cc1)c1nc(-c2ccsc2)cs1. The average Bonchev–Trinajstić information content (AvgIpc) is 3.32. The molecule has 11 heteroatoms. The Morgan fingerprint density at radius 3 is 2.60 bits per heavy atom. The highest BCUT2D eigenvalue weighted by Gasteiger charge is 2.20. The number of thiophene rings is 1. The number of rotatable bonds is 8. The summed E-state index contributed by atoms with van der Waals surface area (Å²) in [6.07, 6.45) is -0.238. The second kappa shape index (κ2) is 9.39. The molecule has 0 aliphatic heterocycles. The van der Waals surface area contributed by atoms with Crippen molar-refractivity contribution in [3.63, 3.8) is 0 Å². The van der Waals surface area contributed by atoms with Gasteiger partial charge in [0.1, 0.15) is 5.01 Å². The summed E-state index contributed by atoms with van der Waals surface area (Å²) in [7, 11) is -4.34. The van der Waals surface area contributed by atoms with E-state index in [1.165, 1.54) is 23.5 Å². The van der Waals surface area contributed by atoms with Gasteiger partial charge in [0.05, 0.1) is 23.2 Å². The molecule has 0 spiro atoms. The molecule has 0 unspecified atom stereocenters. The normalized spacial score (nSPS) is 12.2. The minimum atomic E-state index is -4.34. The quantitative estimate of drug-likeness (QED) is 0.330. The summed E-state index contributed by atoms with van der Waals surface area (Å²) in [5.74, 6) is 0.269. The molecule has 2 aromatic heterocycles. The van der Waals surface area contributed by atoms with E-state index in [1.54, 1.807) is 30.4 Å². The maximum absolute atomic E-state index is 12.2. The van der Waals surface area contributed by atoms with Gasteiger partial charge >= 0.3 is 16.4 Å². The van der Waals surface area contributed by atoms with Crippen molar-refractivity contribution in [1.82, 2.24) is 10.3 Å². The molecule has 3 rings (SSSR count). The van der Waals surface area contributed by atoms with Crippen LogP contribution in [0.2, 0.25) is 0 Å². The monoisotopic (exact) mass is 465 g/mol. The van der Waals surface area contributed by atoms with Crippen LogP contribution in [0.5, 0.6) is 0 Å². The molecule has 0 saturated heterocycles. The third-order valence-electron chi connectivity index (χ3n) is 3.84. The number of nitrogens with one attached hydrogen (secondary N) is 2. The van der Waals surface area contributed by atoms with Crippen LogP contribution in [0.25, 0.3) is 11.3 Å². The Labute approximate surface area is 182 Å². The van der Waals surface area contributed by atoms with Gasteiger partial charge in [0.2, 0.25) is 0 Å². The molecule has 1 amide bonds. The standard InChI is InChI=1S/C19H19N3O5S3/c1-12(2)27-19(23)21-16(18-20-17(11-29-18)14-7-8-28-10-14)9-13-3-5-15(6-4-13)22-30(24,25)26/h3-8,10-11,16,22H,1,9H2,2H3,(H,21,23)(H,24,25,26)/t16-/m0/s1. The van der Waals surface area contributed by atoms with E-state index in [-0.39, 0.29) is 11.4 Å². The lowest BCUT2D eigenvalue weighted by molar-refractivity contribution is 0.172. The van der Waals surface area contributed by atoms with Gasteiger partial charge in [0.15, 0.2) is 0 Å². The molecule has 0 aliphatic carbocycles. The number of carbonyl (C=O) groups excluding carboxylic acids is 1. The highest BCUT2D eigenvalue weighted by molar-refractivity contribution is 7.87.